The van der Waals surface area contributed by atoms with Crippen molar-refractivity contribution in [1.82, 2.24) is 0 Å². The summed E-state index contributed by atoms with van der Waals surface area (Å²) < 4.78 is 0. The fourth-order valence-corrected chi connectivity index (χ4v) is 2.19. The molecule has 0 aliphatic heterocycles. The largest absolute Gasteiger partial charge is 0.376 e. The molecule has 4 nitrogen and oxygen atoms in total. The Morgan fingerprint density at radius 1 is 1.10 bits per heavy atom. The summed E-state index contributed by atoms with van der Waals surface area (Å²) in [4.78, 5) is 14.1. The first-order valence-electron chi connectivity index (χ1n) is 6.94. The molecule has 0 bridgehead atoms. The molecule has 21 heavy (non-hydrogen) atoms. The number of para-hydroxylation sites is 2. The molecule has 0 radical (unpaired) electrons. The predicted octanol–water partition coefficient (Wildman–Crippen LogP) is 2.78. The number of amides is 1. The van der Waals surface area contributed by atoms with Crippen LogP contribution in [0.5, 0.6) is 0 Å². The van der Waals surface area contributed by atoms with E-state index < -0.39 is 0 Å². The summed E-state index contributed by atoms with van der Waals surface area (Å²) in [5, 5.41) is 2.93. The maximum absolute atomic E-state index is 12.2. The van der Waals surface area contributed by atoms with E-state index in [0.29, 0.717) is 0 Å². The Bertz CT molecular complexity index is 596. The molecule has 0 fully saturated rings. The second-order valence-corrected chi connectivity index (χ2v) is 5.18. The van der Waals surface area contributed by atoms with Crippen molar-refractivity contribution in [2.24, 2.45) is 5.73 Å². The van der Waals surface area contributed by atoms with Crippen LogP contribution in [-0.4, -0.2) is 20.0 Å². The molecule has 2 aromatic carbocycles. The maximum Gasteiger partial charge on any atom is 0.226 e. The third kappa shape index (κ3) is 4.07. The number of hydrogen-bond acceptors (Lipinski definition) is 3. The smallest absolute Gasteiger partial charge is 0.226 e. The Balaban J connectivity index is 2.02. The highest BCUT2D eigenvalue weighted by molar-refractivity contribution is 5.94. The first kappa shape index (κ1) is 15.1. The van der Waals surface area contributed by atoms with Crippen LogP contribution in [0.25, 0.3) is 0 Å². The van der Waals surface area contributed by atoms with Crippen molar-refractivity contribution in [3.8, 4) is 0 Å². The van der Waals surface area contributed by atoms with Gasteiger partial charge in [0, 0.05) is 26.6 Å². The summed E-state index contributed by atoms with van der Waals surface area (Å²) in [5.74, 6) is -0.0827. The molecular weight excluding hydrogens is 262 g/mol. The number of hydrogen-bond donors (Lipinski definition) is 2. The molecule has 1 atom stereocenters. The SMILES string of the molecule is CN(C)c1ccccc1NC(=O)CC(N)c1ccccc1. The van der Waals surface area contributed by atoms with E-state index in [1.807, 2.05) is 73.6 Å². The molecule has 2 aromatic rings. The number of nitrogens with two attached hydrogens (primary N) is 1. The van der Waals surface area contributed by atoms with Crippen molar-refractivity contribution >= 4 is 17.3 Å². The van der Waals surface area contributed by atoms with Crippen LogP contribution < -0.4 is 16.0 Å². The molecule has 1 amide bonds. The molecule has 4 heteroatoms. The van der Waals surface area contributed by atoms with Gasteiger partial charge in [-0.05, 0) is 17.7 Å². The van der Waals surface area contributed by atoms with Crippen LogP contribution in [0.1, 0.15) is 18.0 Å². The van der Waals surface area contributed by atoms with Gasteiger partial charge in [-0.25, -0.2) is 0 Å². The quantitative estimate of drug-likeness (QED) is 0.887. The Hall–Kier alpha value is -2.33. The van der Waals surface area contributed by atoms with Gasteiger partial charge in [-0.15, -0.1) is 0 Å². The van der Waals surface area contributed by atoms with E-state index in [1.165, 1.54) is 0 Å². The Labute approximate surface area is 125 Å². The summed E-state index contributed by atoms with van der Waals surface area (Å²) in [6, 6.07) is 17.1. The van der Waals surface area contributed by atoms with Gasteiger partial charge in [0.15, 0.2) is 0 Å². The fraction of sp³-hybridized carbons (Fsp3) is 0.235. The molecule has 0 aromatic heterocycles. The molecule has 0 aliphatic rings. The summed E-state index contributed by atoms with van der Waals surface area (Å²) in [5.41, 5.74) is 8.81. The average molecular weight is 283 g/mol. The second kappa shape index (κ2) is 6.90. The molecule has 0 heterocycles. The highest BCUT2D eigenvalue weighted by Crippen LogP contribution is 2.24. The van der Waals surface area contributed by atoms with Gasteiger partial charge < -0.3 is 16.0 Å². The minimum Gasteiger partial charge on any atom is -0.376 e. The van der Waals surface area contributed by atoms with Gasteiger partial charge in [0.2, 0.25) is 5.91 Å². The van der Waals surface area contributed by atoms with Crippen LogP contribution >= 0.6 is 0 Å². The standard InChI is InChI=1S/C17H21N3O/c1-20(2)16-11-7-6-10-15(16)19-17(21)12-14(18)13-8-4-3-5-9-13/h3-11,14H,12,18H2,1-2H3,(H,19,21). The van der Waals surface area contributed by atoms with E-state index >= 15 is 0 Å². The third-order valence-electron chi connectivity index (χ3n) is 3.29. The van der Waals surface area contributed by atoms with Crippen LogP contribution in [0.2, 0.25) is 0 Å². The van der Waals surface area contributed by atoms with Crippen molar-refractivity contribution in [2.45, 2.75) is 12.5 Å². The van der Waals surface area contributed by atoms with E-state index in [-0.39, 0.29) is 18.4 Å². The van der Waals surface area contributed by atoms with Crippen LogP contribution in [-0.2, 0) is 4.79 Å². The van der Waals surface area contributed by atoms with Gasteiger partial charge in [-0.3, -0.25) is 4.79 Å². The van der Waals surface area contributed by atoms with Crippen LogP contribution in [0.4, 0.5) is 11.4 Å². The lowest BCUT2D eigenvalue weighted by molar-refractivity contribution is -0.116. The van der Waals surface area contributed by atoms with Gasteiger partial charge in [0.05, 0.1) is 11.4 Å². The minimum absolute atomic E-state index is 0.0827. The zero-order chi connectivity index (χ0) is 15.2. The van der Waals surface area contributed by atoms with E-state index in [9.17, 15) is 4.79 Å². The Morgan fingerprint density at radius 3 is 2.38 bits per heavy atom. The zero-order valence-corrected chi connectivity index (χ0v) is 12.4. The van der Waals surface area contributed by atoms with E-state index in [1.54, 1.807) is 0 Å². The van der Waals surface area contributed by atoms with E-state index in [0.717, 1.165) is 16.9 Å². The summed E-state index contributed by atoms with van der Waals surface area (Å²) >= 11 is 0. The first-order valence-corrected chi connectivity index (χ1v) is 6.94. The summed E-state index contributed by atoms with van der Waals surface area (Å²) in [6.07, 6.45) is 0.256. The number of nitrogens with zero attached hydrogens (tertiary/aromatic N) is 1. The van der Waals surface area contributed by atoms with Crippen molar-refractivity contribution in [3.63, 3.8) is 0 Å². The van der Waals surface area contributed by atoms with Crippen molar-refractivity contribution < 1.29 is 4.79 Å². The topological polar surface area (TPSA) is 58.4 Å². The van der Waals surface area contributed by atoms with Crippen LogP contribution in [0.15, 0.2) is 54.6 Å². The van der Waals surface area contributed by atoms with Gasteiger partial charge in [0.25, 0.3) is 0 Å². The number of carbonyl (C=O) groups excluding carboxylic acids is 1. The molecule has 0 saturated heterocycles. The van der Waals surface area contributed by atoms with E-state index in [2.05, 4.69) is 5.32 Å². The molecule has 110 valence electrons. The molecule has 0 saturated carbocycles. The number of benzene rings is 2. The predicted molar refractivity (Wildman–Crippen MR) is 87.4 cm³/mol. The lowest BCUT2D eigenvalue weighted by Gasteiger charge is -2.18. The monoisotopic (exact) mass is 283 g/mol. The maximum atomic E-state index is 12.2. The Kier molecular flexibility index (Phi) is 4.95. The number of carbonyl (C=O) groups is 1. The number of rotatable bonds is 5. The first-order chi connectivity index (χ1) is 10.1. The zero-order valence-electron chi connectivity index (χ0n) is 12.4. The minimum atomic E-state index is -0.294. The normalized spacial score (nSPS) is 11.8. The number of nitrogens with one attached hydrogen (secondary N) is 1. The Morgan fingerprint density at radius 2 is 1.71 bits per heavy atom. The lowest BCUT2D eigenvalue weighted by atomic mass is 10.0. The van der Waals surface area contributed by atoms with E-state index in [4.69, 9.17) is 5.73 Å². The van der Waals surface area contributed by atoms with Gasteiger partial charge in [-0.2, -0.15) is 0 Å². The molecule has 1 unspecified atom stereocenters. The fourth-order valence-electron chi connectivity index (χ4n) is 2.19. The number of anilines is 2. The van der Waals surface area contributed by atoms with Crippen molar-refractivity contribution in [2.75, 3.05) is 24.3 Å². The summed E-state index contributed by atoms with van der Waals surface area (Å²) in [7, 11) is 3.89. The van der Waals surface area contributed by atoms with Gasteiger partial charge in [-0.1, -0.05) is 42.5 Å². The third-order valence-corrected chi connectivity index (χ3v) is 3.29. The van der Waals surface area contributed by atoms with Crippen LogP contribution in [0.3, 0.4) is 0 Å². The highest BCUT2D eigenvalue weighted by atomic mass is 16.1. The van der Waals surface area contributed by atoms with Gasteiger partial charge >= 0.3 is 0 Å². The molecular formula is C17H21N3O. The lowest BCUT2D eigenvalue weighted by Crippen LogP contribution is -2.21. The average Bonchev–Trinajstić information content (AvgIpc) is 2.48. The van der Waals surface area contributed by atoms with Crippen molar-refractivity contribution in [3.05, 3.63) is 60.2 Å². The summed E-state index contributed by atoms with van der Waals surface area (Å²) in [6.45, 7) is 0. The van der Waals surface area contributed by atoms with Gasteiger partial charge in [0.1, 0.15) is 0 Å². The van der Waals surface area contributed by atoms with Crippen LogP contribution in [0, 0.1) is 0 Å². The highest BCUT2D eigenvalue weighted by Gasteiger charge is 2.13. The van der Waals surface area contributed by atoms with Crippen molar-refractivity contribution in [1.29, 1.82) is 0 Å². The molecule has 0 spiro atoms. The second-order valence-electron chi connectivity index (χ2n) is 5.18. The molecule has 2 rings (SSSR count). The molecule has 3 N–H and O–H groups in total. The molecule has 0 aliphatic carbocycles.